The van der Waals surface area contributed by atoms with E-state index in [0.717, 1.165) is 62.3 Å². The summed E-state index contributed by atoms with van der Waals surface area (Å²) in [7, 11) is 0. The number of rotatable bonds is 9. The lowest BCUT2D eigenvalue weighted by atomic mass is 10.1. The van der Waals surface area contributed by atoms with Gasteiger partial charge in [-0.3, -0.25) is 24.2 Å². The highest BCUT2D eigenvalue weighted by atomic mass is 32.1. The molecular formula is C38H55N7O3S. The number of H-pyrrole nitrogens is 1. The fraction of sp³-hybridized carbons (Fsp3) is 0.632. The Morgan fingerprint density at radius 1 is 0.918 bits per heavy atom. The third kappa shape index (κ3) is 9.70. The summed E-state index contributed by atoms with van der Waals surface area (Å²) in [6.07, 6.45) is 8.37. The molecule has 2 N–H and O–H groups in total. The number of para-hydroxylation sites is 2. The summed E-state index contributed by atoms with van der Waals surface area (Å²) < 4.78 is 0. The van der Waals surface area contributed by atoms with Gasteiger partial charge in [-0.05, 0) is 93.2 Å². The highest BCUT2D eigenvalue weighted by molar-refractivity contribution is 7.10. The molecule has 49 heavy (non-hydrogen) atoms. The summed E-state index contributed by atoms with van der Waals surface area (Å²) in [4.78, 5) is 59.3. The topological polar surface area (TPSA) is 105 Å². The normalized spacial score (nSPS) is 22.1. The number of likely N-dealkylation sites (tertiary alicyclic amines) is 2. The maximum absolute atomic E-state index is 13.7. The number of amides is 3. The van der Waals surface area contributed by atoms with Crippen molar-refractivity contribution >= 4 is 40.1 Å². The van der Waals surface area contributed by atoms with Crippen molar-refractivity contribution in [2.24, 2.45) is 5.92 Å². The second-order valence-corrected chi connectivity index (χ2v) is 15.7. The molecular weight excluding hydrogens is 635 g/mol. The second kappa shape index (κ2) is 17.1. The minimum Gasteiger partial charge on any atom is -0.354 e. The van der Waals surface area contributed by atoms with Crippen LogP contribution in [0, 0.1) is 5.92 Å². The number of aromatic amines is 1. The van der Waals surface area contributed by atoms with Gasteiger partial charge in [0.25, 0.3) is 0 Å². The zero-order valence-corrected chi connectivity index (χ0v) is 30.3. The van der Waals surface area contributed by atoms with Crippen LogP contribution in [0.15, 0.2) is 35.7 Å². The molecule has 10 nitrogen and oxygen atoms in total. The van der Waals surface area contributed by atoms with Crippen LogP contribution in [0.2, 0.25) is 0 Å². The number of nitrogens with one attached hydrogen (secondary N) is 2. The van der Waals surface area contributed by atoms with Crippen LogP contribution in [-0.4, -0.2) is 105 Å². The Morgan fingerprint density at radius 3 is 2.47 bits per heavy atom. The maximum atomic E-state index is 13.7. The van der Waals surface area contributed by atoms with Gasteiger partial charge >= 0.3 is 0 Å². The summed E-state index contributed by atoms with van der Waals surface area (Å²) in [5.74, 6) is 0.950. The largest absolute Gasteiger partial charge is 0.354 e. The molecule has 2 bridgehead atoms. The predicted octanol–water partition coefficient (Wildman–Crippen LogP) is 5.19. The van der Waals surface area contributed by atoms with Crippen LogP contribution in [0.3, 0.4) is 0 Å². The molecule has 3 aliphatic heterocycles. The summed E-state index contributed by atoms with van der Waals surface area (Å²) in [6.45, 7) is 12.0. The van der Waals surface area contributed by atoms with Crippen LogP contribution in [-0.2, 0) is 33.9 Å². The summed E-state index contributed by atoms with van der Waals surface area (Å²) in [5, 5.41) is 5.48. The molecule has 1 aromatic carbocycles. The molecule has 6 rings (SSSR count). The molecule has 0 spiro atoms. The van der Waals surface area contributed by atoms with Crippen molar-refractivity contribution in [1.82, 2.24) is 34.9 Å². The Balaban J connectivity index is 1.12. The molecule has 2 aromatic heterocycles. The number of aryl methyl sites for hydroxylation is 1. The number of fused-ring (bicyclic) bond motifs is 3. The number of nitrogens with zero attached hydrogens (tertiary/aromatic N) is 5. The molecule has 3 saturated heterocycles. The zero-order chi connectivity index (χ0) is 34.2. The van der Waals surface area contributed by atoms with Crippen molar-refractivity contribution in [2.45, 2.75) is 103 Å². The van der Waals surface area contributed by atoms with E-state index in [0.29, 0.717) is 38.9 Å². The number of benzene rings is 1. The highest BCUT2D eigenvalue weighted by Gasteiger charge is 2.42. The van der Waals surface area contributed by atoms with Gasteiger partial charge < -0.3 is 20.1 Å². The molecule has 3 aromatic rings. The SMILES string of the molecule is CC(C)CC(=O)N1CCCN(Cc2cc(CN3CCCCC3)cs2)CCCCNC(=O)[C@@H]2C[C@H]1CN2C(=O)CCc1nc2ccccc2[nH]1. The monoisotopic (exact) mass is 689 g/mol. The minimum absolute atomic E-state index is 0.0644. The number of imidazole rings is 1. The molecule has 11 heteroatoms. The lowest BCUT2D eigenvalue weighted by molar-refractivity contribution is -0.138. The standard InChI is InChI=1S/C38H55N7O3S/c1-28(2)21-37(47)44-20-10-19-43(26-31-22-29(27-49-31)24-42-16-7-3-8-17-42)18-9-6-15-39-38(48)34-23-30(44)25-45(34)36(46)14-13-35-40-32-11-4-5-12-33(32)41-35/h4-5,11-12,22,27-28,30,34H,3,6-10,13-21,23-26H2,1-2H3,(H,39,48)(H,40,41)/t30-,34-/m0/s1. The van der Waals surface area contributed by atoms with Gasteiger partial charge in [-0.15, -0.1) is 11.3 Å². The highest BCUT2D eigenvalue weighted by Crippen LogP contribution is 2.27. The van der Waals surface area contributed by atoms with Crippen molar-refractivity contribution in [1.29, 1.82) is 0 Å². The van der Waals surface area contributed by atoms with Crippen LogP contribution in [0.4, 0.5) is 0 Å². The lowest BCUT2D eigenvalue weighted by Gasteiger charge is -2.31. The zero-order valence-electron chi connectivity index (χ0n) is 29.5. The smallest absolute Gasteiger partial charge is 0.242 e. The van der Waals surface area contributed by atoms with E-state index in [1.54, 1.807) is 4.90 Å². The third-order valence-electron chi connectivity index (χ3n) is 10.3. The van der Waals surface area contributed by atoms with E-state index in [2.05, 4.69) is 50.4 Å². The molecule has 2 atom stereocenters. The van der Waals surface area contributed by atoms with E-state index in [4.69, 9.17) is 0 Å². The minimum atomic E-state index is -0.570. The number of aromatic nitrogens is 2. The molecule has 0 saturated carbocycles. The fourth-order valence-electron chi connectivity index (χ4n) is 7.75. The van der Waals surface area contributed by atoms with Gasteiger partial charge in [0.2, 0.25) is 17.7 Å². The van der Waals surface area contributed by atoms with E-state index in [-0.39, 0.29) is 36.1 Å². The first-order valence-corrected chi connectivity index (χ1v) is 19.5. The van der Waals surface area contributed by atoms with E-state index in [1.165, 1.54) is 42.8 Å². The Kier molecular flexibility index (Phi) is 12.4. The fourth-order valence-corrected chi connectivity index (χ4v) is 8.67. The predicted molar refractivity (Wildman–Crippen MR) is 195 cm³/mol. The summed E-state index contributed by atoms with van der Waals surface area (Å²) in [6, 6.07) is 9.49. The lowest BCUT2D eigenvalue weighted by Crippen LogP contribution is -2.46. The summed E-state index contributed by atoms with van der Waals surface area (Å²) >= 11 is 1.86. The van der Waals surface area contributed by atoms with Crippen molar-refractivity contribution in [3.05, 3.63) is 52.0 Å². The number of carbonyl (C=O) groups excluding carboxylic acids is 3. The third-order valence-corrected chi connectivity index (χ3v) is 11.2. The molecule has 3 fully saturated rings. The van der Waals surface area contributed by atoms with Gasteiger partial charge in [-0.2, -0.15) is 0 Å². The number of piperidine rings is 1. The Labute approximate surface area is 295 Å². The maximum Gasteiger partial charge on any atom is 0.242 e. The van der Waals surface area contributed by atoms with Crippen LogP contribution < -0.4 is 5.32 Å². The first-order chi connectivity index (χ1) is 23.8. The van der Waals surface area contributed by atoms with Gasteiger partial charge in [0.05, 0.1) is 17.1 Å². The number of hydrogen-bond acceptors (Lipinski definition) is 7. The van der Waals surface area contributed by atoms with E-state index < -0.39 is 6.04 Å². The Hall–Kier alpha value is -3.28. The van der Waals surface area contributed by atoms with Gasteiger partial charge in [0.1, 0.15) is 11.9 Å². The van der Waals surface area contributed by atoms with Crippen molar-refractivity contribution in [2.75, 3.05) is 45.8 Å². The van der Waals surface area contributed by atoms with E-state index >= 15 is 0 Å². The van der Waals surface area contributed by atoms with Crippen LogP contribution in [0.25, 0.3) is 11.0 Å². The number of hydrogen-bond donors (Lipinski definition) is 2. The van der Waals surface area contributed by atoms with Crippen molar-refractivity contribution in [3.63, 3.8) is 0 Å². The number of carbonyl (C=O) groups is 3. The first-order valence-electron chi connectivity index (χ1n) is 18.6. The second-order valence-electron chi connectivity index (χ2n) is 14.7. The van der Waals surface area contributed by atoms with E-state index in [9.17, 15) is 14.4 Å². The number of thiophene rings is 1. The molecule has 266 valence electrons. The molecule has 0 radical (unpaired) electrons. The molecule has 0 aliphatic carbocycles. The van der Waals surface area contributed by atoms with Crippen LogP contribution in [0.1, 0.15) is 87.9 Å². The molecule has 3 aliphatic rings. The van der Waals surface area contributed by atoms with Gasteiger partial charge in [0, 0.05) is 63.4 Å². The quantitative estimate of drug-likeness (QED) is 0.321. The average molecular weight is 690 g/mol. The first kappa shape index (κ1) is 35.5. The van der Waals surface area contributed by atoms with Gasteiger partial charge in [-0.25, -0.2) is 4.98 Å². The average Bonchev–Trinajstić information content (AvgIpc) is 3.83. The van der Waals surface area contributed by atoms with E-state index in [1.807, 2.05) is 40.5 Å². The van der Waals surface area contributed by atoms with Crippen molar-refractivity contribution in [3.8, 4) is 0 Å². The van der Waals surface area contributed by atoms with Crippen molar-refractivity contribution < 1.29 is 14.4 Å². The Bertz CT molecular complexity index is 1510. The van der Waals surface area contributed by atoms with Crippen LogP contribution >= 0.6 is 11.3 Å². The summed E-state index contributed by atoms with van der Waals surface area (Å²) in [5.41, 5.74) is 3.25. The Morgan fingerprint density at radius 2 is 1.67 bits per heavy atom. The molecule has 0 unspecified atom stereocenters. The molecule has 5 heterocycles. The van der Waals surface area contributed by atoms with Gasteiger partial charge in [-0.1, -0.05) is 32.4 Å². The molecule has 3 amide bonds. The van der Waals surface area contributed by atoms with Gasteiger partial charge in [0.15, 0.2) is 0 Å². The van der Waals surface area contributed by atoms with Crippen LogP contribution in [0.5, 0.6) is 0 Å².